The van der Waals surface area contributed by atoms with Gasteiger partial charge >= 0.3 is 11.9 Å². The van der Waals surface area contributed by atoms with Crippen LogP contribution in [-0.4, -0.2) is 33.0 Å². The Bertz CT molecular complexity index is 457. The van der Waals surface area contributed by atoms with Crippen LogP contribution in [0.5, 0.6) is 0 Å². The molecule has 0 aromatic rings. The number of carbonyl (C=O) groups excluding carboxylic acids is 2. The Morgan fingerprint density at radius 3 is 0.917 bits per heavy atom. The second kappa shape index (κ2) is 28.4. The highest BCUT2D eigenvalue weighted by molar-refractivity contribution is 14.1. The summed E-state index contributed by atoms with van der Waals surface area (Å²) >= 11 is 4.65. The van der Waals surface area contributed by atoms with Crippen LogP contribution in [0.4, 0.5) is 0 Å². The molecule has 0 aliphatic rings. The molecule has 0 aliphatic heterocycles. The van der Waals surface area contributed by atoms with Gasteiger partial charge in [-0.15, -0.1) is 0 Å². The lowest BCUT2D eigenvalue weighted by Crippen LogP contribution is -2.11. The molecule has 36 heavy (non-hydrogen) atoms. The molecule has 0 N–H and O–H groups in total. The molecule has 214 valence electrons. The number of unbranched alkanes of at least 4 members (excludes halogenated alkanes) is 17. The largest absolute Gasteiger partial charge is 0.466 e. The molecule has 0 saturated carbocycles. The quantitative estimate of drug-likeness (QED) is 0.0365. The van der Waals surface area contributed by atoms with E-state index in [9.17, 15) is 9.59 Å². The Kier molecular flexibility index (Phi) is 28.7. The summed E-state index contributed by atoms with van der Waals surface area (Å²) < 4.78 is 11.4. The molecule has 0 amide bonds. The average Bonchev–Trinajstić information content (AvgIpc) is 2.86. The van der Waals surface area contributed by atoms with Crippen molar-refractivity contribution in [2.24, 2.45) is 0 Å². The van der Waals surface area contributed by atoms with Crippen LogP contribution in [0.15, 0.2) is 0 Å². The molecule has 0 aliphatic carbocycles. The first kappa shape index (κ1) is 36.4. The standard InChI is InChI=1S/C30H56I2O4/c1-3-27(31)25-29(33)35-23-21-19-17-15-13-11-9-7-5-6-8-10-12-14-16-18-20-22-24-36-30(34)26-28(32)4-2/h27-28H,3-26H2,1-2H3. The summed E-state index contributed by atoms with van der Waals surface area (Å²) in [4.78, 5) is 23.2. The van der Waals surface area contributed by atoms with Crippen molar-refractivity contribution in [3.8, 4) is 0 Å². The number of rotatable bonds is 27. The summed E-state index contributed by atoms with van der Waals surface area (Å²) in [5.41, 5.74) is 0. The summed E-state index contributed by atoms with van der Waals surface area (Å²) in [6.45, 7) is 5.42. The van der Waals surface area contributed by atoms with Crippen molar-refractivity contribution in [2.45, 2.75) is 163 Å². The third kappa shape index (κ3) is 27.4. The van der Waals surface area contributed by atoms with Gasteiger partial charge in [0.2, 0.25) is 0 Å². The molecule has 0 radical (unpaired) electrons. The highest BCUT2D eigenvalue weighted by atomic mass is 127. The van der Waals surface area contributed by atoms with E-state index in [-0.39, 0.29) is 11.9 Å². The minimum Gasteiger partial charge on any atom is -0.466 e. The van der Waals surface area contributed by atoms with E-state index in [1.54, 1.807) is 0 Å². The first-order chi connectivity index (χ1) is 17.5. The Balaban J connectivity index is 3.17. The second-order valence-corrected chi connectivity index (χ2v) is 13.7. The van der Waals surface area contributed by atoms with E-state index >= 15 is 0 Å². The Morgan fingerprint density at radius 1 is 0.472 bits per heavy atom. The zero-order chi connectivity index (χ0) is 26.7. The number of carbonyl (C=O) groups is 2. The number of hydrogen-bond acceptors (Lipinski definition) is 4. The number of halogens is 2. The van der Waals surface area contributed by atoms with Crippen LogP contribution in [-0.2, 0) is 19.1 Å². The SMILES string of the molecule is CCC(I)CC(=O)OCCCCCCCCCCCCCCCCCCCCOC(=O)CC(I)CC. The first-order valence-corrected chi connectivity index (χ1v) is 17.6. The number of ether oxygens (including phenoxy) is 2. The van der Waals surface area contributed by atoms with Crippen LogP contribution in [0.1, 0.15) is 155 Å². The van der Waals surface area contributed by atoms with Gasteiger partial charge in [0.05, 0.1) is 26.1 Å². The minimum atomic E-state index is -0.0312. The number of alkyl halides is 2. The molecule has 0 saturated heterocycles. The van der Waals surface area contributed by atoms with E-state index in [2.05, 4.69) is 59.0 Å². The van der Waals surface area contributed by atoms with Crippen molar-refractivity contribution in [2.75, 3.05) is 13.2 Å². The van der Waals surface area contributed by atoms with E-state index < -0.39 is 0 Å². The monoisotopic (exact) mass is 734 g/mol. The van der Waals surface area contributed by atoms with Crippen molar-refractivity contribution in [3.63, 3.8) is 0 Å². The van der Waals surface area contributed by atoms with Gasteiger partial charge in [0.25, 0.3) is 0 Å². The van der Waals surface area contributed by atoms with Gasteiger partial charge in [-0.3, -0.25) is 9.59 Å². The van der Waals surface area contributed by atoms with Gasteiger partial charge in [0.15, 0.2) is 0 Å². The molecule has 2 atom stereocenters. The molecule has 0 spiro atoms. The molecular formula is C30H56I2O4. The van der Waals surface area contributed by atoms with Crippen molar-refractivity contribution >= 4 is 57.1 Å². The zero-order valence-electron chi connectivity index (χ0n) is 23.5. The van der Waals surface area contributed by atoms with Crippen molar-refractivity contribution in [1.82, 2.24) is 0 Å². The van der Waals surface area contributed by atoms with E-state index in [0.717, 1.165) is 25.7 Å². The predicted molar refractivity (Wildman–Crippen MR) is 170 cm³/mol. The summed E-state index contributed by atoms with van der Waals surface area (Å²) in [5, 5.41) is 0. The Labute approximate surface area is 250 Å². The van der Waals surface area contributed by atoms with Crippen LogP contribution >= 0.6 is 45.2 Å². The number of esters is 2. The van der Waals surface area contributed by atoms with E-state index in [1.165, 1.54) is 103 Å². The first-order valence-electron chi connectivity index (χ1n) is 15.1. The smallest absolute Gasteiger partial charge is 0.306 e. The lowest BCUT2D eigenvalue weighted by atomic mass is 10.0. The van der Waals surface area contributed by atoms with E-state index in [0.29, 0.717) is 33.9 Å². The van der Waals surface area contributed by atoms with Gasteiger partial charge in [-0.25, -0.2) is 0 Å². The minimum absolute atomic E-state index is 0.0312. The normalized spacial score (nSPS) is 12.9. The molecule has 0 aromatic carbocycles. The van der Waals surface area contributed by atoms with Gasteiger partial charge < -0.3 is 9.47 Å². The maximum atomic E-state index is 11.6. The number of hydrogen-bond donors (Lipinski definition) is 0. The third-order valence-electron chi connectivity index (χ3n) is 6.73. The van der Waals surface area contributed by atoms with E-state index in [4.69, 9.17) is 9.47 Å². The van der Waals surface area contributed by atoms with Crippen LogP contribution in [0, 0.1) is 0 Å². The van der Waals surface area contributed by atoms with Crippen molar-refractivity contribution in [3.05, 3.63) is 0 Å². The molecule has 0 rings (SSSR count). The van der Waals surface area contributed by atoms with Gasteiger partial charge in [-0.05, 0) is 25.7 Å². The molecule has 0 bridgehead atoms. The second-order valence-electron chi connectivity index (χ2n) is 10.2. The third-order valence-corrected chi connectivity index (χ3v) is 9.37. The van der Waals surface area contributed by atoms with Crippen molar-refractivity contribution in [1.29, 1.82) is 0 Å². The maximum absolute atomic E-state index is 11.6. The highest BCUT2D eigenvalue weighted by Gasteiger charge is 2.10. The average molecular weight is 735 g/mol. The topological polar surface area (TPSA) is 52.6 Å². The molecule has 0 aromatic heterocycles. The lowest BCUT2D eigenvalue weighted by molar-refractivity contribution is -0.144. The summed E-state index contributed by atoms with van der Waals surface area (Å²) in [7, 11) is 0. The molecule has 0 fully saturated rings. The fourth-order valence-electron chi connectivity index (χ4n) is 4.17. The van der Waals surface area contributed by atoms with Gasteiger partial charge in [-0.2, -0.15) is 0 Å². The molecular weight excluding hydrogens is 678 g/mol. The fourth-order valence-corrected chi connectivity index (χ4v) is 4.89. The maximum Gasteiger partial charge on any atom is 0.306 e. The van der Waals surface area contributed by atoms with E-state index in [1.807, 2.05) is 0 Å². The van der Waals surface area contributed by atoms with Gasteiger partial charge in [0.1, 0.15) is 0 Å². The van der Waals surface area contributed by atoms with Crippen LogP contribution in [0.2, 0.25) is 0 Å². The molecule has 2 unspecified atom stereocenters. The Hall–Kier alpha value is 0.400. The molecule has 6 heteroatoms. The molecule has 4 nitrogen and oxygen atoms in total. The summed E-state index contributed by atoms with van der Waals surface area (Å²) in [5.74, 6) is -0.0624. The Morgan fingerprint density at radius 2 is 0.694 bits per heavy atom. The summed E-state index contributed by atoms with van der Waals surface area (Å²) in [6.07, 6.45) is 26.6. The van der Waals surface area contributed by atoms with Crippen LogP contribution < -0.4 is 0 Å². The highest BCUT2D eigenvalue weighted by Crippen LogP contribution is 2.15. The van der Waals surface area contributed by atoms with Crippen molar-refractivity contribution < 1.29 is 19.1 Å². The molecule has 0 heterocycles. The van der Waals surface area contributed by atoms with Gasteiger partial charge in [0, 0.05) is 7.85 Å². The zero-order valence-corrected chi connectivity index (χ0v) is 27.8. The van der Waals surface area contributed by atoms with Gasteiger partial charge in [-0.1, -0.05) is 162 Å². The predicted octanol–water partition coefficient (Wildman–Crippen LogP) is 10.3. The summed E-state index contributed by atoms with van der Waals surface area (Å²) in [6, 6.07) is 0. The fraction of sp³-hybridized carbons (Fsp3) is 0.933. The van der Waals surface area contributed by atoms with Crippen LogP contribution in [0.3, 0.4) is 0 Å². The lowest BCUT2D eigenvalue weighted by Gasteiger charge is -2.07. The van der Waals surface area contributed by atoms with Crippen LogP contribution in [0.25, 0.3) is 0 Å².